The van der Waals surface area contributed by atoms with Crippen LogP contribution in [0.4, 0.5) is 0 Å². The summed E-state index contributed by atoms with van der Waals surface area (Å²) in [5, 5.41) is 5.33. The molecule has 0 heterocycles. The lowest BCUT2D eigenvalue weighted by Crippen LogP contribution is -2.37. The number of unbranched alkanes of at least 4 members (excludes halogenated alkanes) is 2. The molecule has 0 spiro atoms. The van der Waals surface area contributed by atoms with E-state index in [2.05, 4.69) is 15.4 Å². The van der Waals surface area contributed by atoms with Crippen molar-refractivity contribution in [2.24, 2.45) is 0 Å². The number of nitrogens with one attached hydrogen (secondary N) is 2. The lowest BCUT2D eigenvalue weighted by atomic mass is 10.1. The number of benzene rings is 1. The highest BCUT2D eigenvalue weighted by Gasteiger charge is 2.06. The van der Waals surface area contributed by atoms with Crippen LogP contribution < -0.4 is 10.6 Å². The molecule has 0 aliphatic heterocycles. The van der Waals surface area contributed by atoms with Gasteiger partial charge in [0.1, 0.15) is 0 Å². The maximum absolute atomic E-state index is 11.7. The topological polar surface area (TPSA) is 84.5 Å². The average Bonchev–Trinajstić information content (AvgIpc) is 2.56. The van der Waals surface area contributed by atoms with Crippen molar-refractivity contribution in [3.8, 4) is 0 Å². The Bertz CT molecular complexity index is 503. The summed E-state index contributed by atoms with van der Waals surface area (Å²) in [5.74, 6) is -0.598. The third-order valence-corrected chi connectivity index (χ3v) is 3.26. The largest absolute Gasteiger partial charge is 0.469 e. The first-order valence-electron chi connectivity index (χ1n) is 7.76. The smallest absolute Gasteiger partial charge is 0.305 e. The van der Waals surface area contributed by atoms with Gasteiger partial charge in [-0.05, 0) is 18.4 Å². The van der Waals surface area contributed by atoms with Crippen LogP contribution in [-0.4, -0.2) is 38.0 Å². The second-order valence-electron chi connectivity index (χ2n) is 5.18. The normalized spacial score (nSPS) is 9.96. The number of ether oxygens (including phenoxy) is 1. The molecule has 2 N–H and O–H groups in total. The number of carbonyl (C=O) groups is 3. The molecule has 126 valence electrons. The van der Waals surface area contributed by atoms with Crippen LogP contribution in [-0.2, 0) is 25.5 Å². The number of methoxy groups -OCH3 is 1. The van der Waals surface area contributed by atoms with Crippen LogP contribution in [0.15, 0.2) is 30.3 Å². The minimum absolute atomic E-state index is 0.0200. The number of esters is 1. The van der Waals surface area contributed by atoms with Gasteiger partial charge in [-0.2, -0.15) is 0 Å². The molecule has 0 fully saturated rings. The molecule has 0 saturated carbocycles. The summed E-state index contributed by atoms with van der Waals surface area (Å²) in [6, 6.07) is 9.37. The first kappa shape index (κ1) is 18.7. The van der Waals surface area contributed by atoms with Gasteiger partial charge >= 0.3 is 5.97 Å². The van der Waals surface area contributed by atoms with E-state index in [1.54, 1.807) is 0 Å². The van der Waals surface area contributed by atoms with E-state index >= 15 is 0 Å². The highest BCUT2D eigenvalue weighted by atomic mass is 16.5. The molecule has 0 atom stereocenters. The van der Waals surface area contributed by atoms with E-state index in [-0.39, 0.29) is 30.7 Å². The van der Waals surface area contributed by atoms with Crippen molar-refractivity contribution in [3.63, 3.8) is 0 Å². The molecule has 0 radical (unpaired) electrons. The van der Waals surface area contributed by atoms with Gasteiger partial charge in [-0.25, -0.2) is 0 Å². The molecule has 0 bridgehead atoms. The number of amides is 2. The molecule has 0 unspecified atom stereocenters. The van der Waals surface area contributed by atoms with Crippen molar-refractivity contribution in [2.45, 2.75) is 32.1 Å². The lowest BCUT2D eigenvalue weighted by Gasteiger charge is -2.07. The number of hydrogen-bond acceptors (Lipinski definition) is 4. The van der Waals surface area contributed by atoms with Crippen molar-refractivity contribution in [1.82, 2.24) is 10.6 Å². The molecule has 6 heteroatoms. The van der Waals surface area contributed by atoms with Crippen LogP contribution >= 0.6 is 0 Å². The summed E-state index contributed by atoms with van der Waals surface area (Å²) in [6.07, 6.45) is 3.05. The molecule has 2 amide bonds. The van der Waals surface area contributed by atoms with Gasteiger partial charge in [0, 0.05) is 13.0 Å². The van der Waals surface area contributed by atoms with Crippen molar-refractivity contribution in [2.75, 3.05) is 20.2 Å². The monoisotopic (exact) mass is 320 g/mol. The Balaban J connectivity index is 2.03. The van der Waals surface area contributed by atoms with Crippen LogP contribution in [0.25, 0.3) is 0 Å². The molecule has 6 nitrogen and oxygen atoms in total. The van der Waals surface area contributed by atoms with Crippen LogP contribution in [0.3, 0.4) is 0 Å². The third-order valence-electron chi connectivity index (χ3n) is 3.26. The van der Waals surface area contributed by atoms with Gasteiger partial charge in [-0.1, -0.05) is 36.8 Å². The summed E-state index contributed by atoms with van der Waals surface area (Å²) in [4.78, 5) is 34.2. The molecule has 0 aromatic heterocycles. The SMILES string of the molecule is COC(=O)CCCCCNC(=O)CNC(=O)Cc1ccccc1. The minimum Gasteiger partial charge on any atom is -0.469 e. The van der Waals surface area contributed by atoms with Crippen LogP contribution in [0.2, 0.25) is 0 Å². The summed E-state index contributed by atoms with van der Waals surface area (Å²) in [7, 11) is 1.37. The van der Waals surface area contributed by atoms with Gasteiger partial charge in [0.15, 0.2) is 0 Å². The van der Waals surface area contributed by atoms with Crippen molar-refractivity contribution < 1.29 is 19.1 Å². The number of hydrogen-bond donors (Lipinski definition) is 2. The standard InChI is InChI=1S/C17H24N2O4/c1-23-17(22)10-6-3-7-11-18-16(21)13-19-15(20)12-14-8-4-2-5-9-14/h2,4-5,8-9H,3,6-7,10-13H2,1H3,(H,18,21)(H,19,20). The van der Waals surface area contributed by atoms with E-state index in [0.717, 1.165) is 24.8 Å². The van der Waals surface area contributed by atoms with Gasteiger partial charge in [-0.3, -0.25) is 14.4 Å². The summed E-state index contributed by atoms with van der Waals surface area (Å²) in [6.45, 7) is 0.516. The Labute approximate surface area is 136 Å². The minimum atomic E-state index is -0.213. The second kappa shape index (κ2) is 11.2. The van der Waals surface area contributed by atoms with E-state index in [0.29, 0.717) is 13.0 Å². The predicted octanol–water partition coefficient (Wildman–Crippen LogP) is 1.19. The highest BCUT2D eigenvalue weighted by molar-refractivity contribution is 5.85. The Kier molecular flexibility index (Phi) is 9.12. The third kappa shape index (κ3) is 9.29. The Morgan fingerprint density at radius 2 is 1.70 bits per heavy atom. The zero-order valence-corrected chi connectivity index (χ0v) is 13.5. The fourth-order valence-corrected chi connectivity index (χ4v) is 1.99. The number of rotatable bonds is 10. The fourth-order valence-electron chi connectivity index (χ4n) is 1.99. The quantitative estimate of drug-likeness (QED) is 0.501. The predicted molar refractivity (Wildman–Crippen MR) is 86.6 cm³/mol. The molecular weight excluding hydrogens is 296 g/mol. The van der Waals surface area contributed by atoms with Crippen LogP contribution in [0.5, 0.6) is 0 Å². The fraction of sp³-hybridized carbons (Fsp3) is 0.471. The molecule has 1 aromatic carbocycles. The first-order valence-corrected chi connectivity index (χ1v) is 7.76. The van der Waals surface area contributed by atoms with Crippen LogP contribution in [0.1, 0.15) is 31.2 Å². The van der Waals surface area contributed by atoms with Gasteiger partial charge in [-0.15, -0.1) is 0 Å². The Hall–Kier alpha value is -2.37. The van der Waals surface area contributed by atoms with Gasteiger partial charge in [0.2, 0.25) is 11.8 Å². The molecule has 0 saturated heterocycles. The van der Waals surface area contributed by atoms with Gasteiger partial charge in [0.25, 0.3) is 0 Å². The van der Waals surface area contributed by atoms with Crippen molar-refractivity contribution in [3.05, 3.63) is 35.9 Å². The zero-order chi connectivity index (χ0) is 16.9. The average molecular weight is 320 g/mol. The molecule has 23 heavy (non-hydrogen) atoms. The first-order chi connectivity index (χ1) is 11.1. The van der Waals surface area contributed by atoms with E-state index in [1.165, 1.54) is 7.11 Å². The van der Waals surface area contributed by atoms with E-state index in [1.807, 2.05) is 30.3 Å². The van der Waals surface area contributed by atoms with Crippen LogP contribution in [0, 0.1) is 0 Å². The Morgan fingerprint density at radius 1 is 0.957 bits per heavy atom. The second-order valence-corrected chi connectivity index (χ2v) is 5.18. The number of carbonyl (C=O) groups excluding carboxylic acids is 3. The van der Waals surface area contributed by atoms with Gasteiger partial charge in [0.05, 0.1) is 20.1 Å². The van der Waals surface area contributed by atoms with E-state index < -0.39 is 0 Å². The maximum Gasteiger partial charge on any atom is 0.305 e. The van der Waals surface area contributed by atoms with E-state index in [4.69, 9.17) is 0 Å². The Morgan fingerprint density at radius 3 is 2.39 bits per heavy atom. The summed E-state index contributed by atoms with van der Waals surface area (Å²) < 4.78 is 4.54. The van der Waals surface area contributed by atoms with Gasteiger partial charge < -0.3 is 15.4 Å². The van der Waals surface area contributed by atoms with E-state index in [9.17, 15) is 14.4 Å². The molecular formula is C17H24N2O4. The highest BCUT2D eigenvalue weighted by Crippen LogP contribution is 2.00. The lowest BCUT2D eigenvalue weighted by molar-refractivity contribution is -0.140. The maximum atomic E-state index is 11.7. The molecule has 0 aliphatic rings. The molecule has 0 aliphatic carbocycles. The molecule has 1 rings (SSSR count). The zero-order valence-electron chi connectivity index (χ0n) is 13.5. The summed E-state index contributed by atoms with van der Waals surface area (Å²) >= 11 is 0. The van der Waals surface area contributed by atoms with Crippen molar-refractivity contribution in [1.29, 1.82) is 0 Å². The molecule has 1 aromatic rings. The van der Waals surface area contributed by atoms with Crippen molar-refractivity contribution >= 4 is 17.8 Å². The summed E-state index contributed by atoms with van der Waals surface area (Å²) in [5.41, 5.74) is 0.913.